The molecule has 1 aromatic carbocycles. The third-order valence-corrected chi connectivity index (χ3v) is 5.13. The van der Waals surface area contributed by atoms with E-state index in [0.29, 0.717) is 15.8 Å². The number of furan rings is 1. The Balaban J connectivity index is 1.50. The van der Waals surface area contributed by atoms with Gasteiger partial charge in [-0.15, -0.1) is 0 Å². The molecule has 1 N–H and O–H groups in total. The Labute approximate surface area is 150 Å². The van der Waals surface area contributed by atoms with Crippen molar-refractivity contribution in [2.45, 2.75) is 19.8 Å². The largest absolute Gasteiger partial charge is 0.441 e. The molecular formula is C19H19N3O2S. The first-order valence-electron chi connectivity index (χ1n) is 8.38. The zero-order valence-corrected chi connectivity index (χ0v) is 14.8. The van der Waals surface area contributed by atoms with Crippen molar-refractivity contribution in [2.24, 2.45) is 4.99 Å². The normalized spacial score (nSPS) is 20.7. The number of benzene rings is 1. The summed E-state index contributed by atoms with van der Waals surface area (Å²) in [5.41, 5.74) is 2.00. The molecule has 0 atom stereocenters. The Morgan fingerprint density at radius 2 is 1.92 bits per heavy atom. The number of aliphatic imine (C=N–C) groups is 1. The van der Waals surface area contributed by atoms with Crippen molar-refractivity contribution in [3.8, 4) is 0 Å². The first-order valence-corrected chi connectivity index (χ1v) is 9.20. The first kappa shape index (κ1) is 16.0. The van der Waals surface area contributed by atoms with E-state index in [-0.39, 0.29) is 5.91 Å². The van der Waals surface area contributed by atoms with Crippen LogP contribution in [-0.4, -0.2) is 24.2 Å². The zero-order valence-electron chi connectivity index (χ0n) is 14.0. The van der Waals surface area contributed by atoms with E-state index in [4.69, 9.17) is 4.42 Å². The second-order valence-electron chi connectivity index (χ2n) is 6.19. The number of amidine groups is 1. The predicted octanol–water partition coefficient (Wildman–Crippen LogP) is 4.08. The SMILES string of the molecule is Cc1ccc(N=C2NC(=O)C(=Cc3ccc(N4CCCC4)o3)S2)cc1. The molecule has 128 valence electrons. The number of rotatable bonds is 3. The van der Waals surface area contributed by atoms with Crippen molar-refractivity contribution in [1.29, 1.82) is 0 Å². The summed E-state index contributed by atoms with van der Waals surface area (Å²) < 4.78 is 5.86. The number of anilines is 1. The van der Waals surface area contributed by atoms with Crippen LogP contribution >= 0.6 is 11.8 Å². The molecule has 0 aliphatic carbocycles. The van der Waals surface area contributed by atoms with Crippen LogP contribution < -0.4 is 10.2 Å². The summed E-state index contributed by atoms with van der Waals surface area (Å²) in [5, 5.41) is 3.39. The van der Waals surface area contributed by atoms with Gasteiger partial charge in [-0.25, -0.2) is 4.99 Å². The van der Waals surface area contributed by atoms with E-state index >= 15 is 0 Å². The molecule has 1 amide bonds. The summed E-state index contributed by atoms with van der Waals surface area (Å²) in [6.45, 7) is 4.10. The monoisotopic (exact) mass is 353 g/mol. The van der Waals surface area contributed by atoms with Crippen LogP contribution in [0.2, 0.25) is 0 Å². The minimum absolute atomic E-state index is 0.144. The Bertz CT molecular complexity index is 846. The molecule has 0 radical (unpaired) electrons. The number of aryl methyl sites for hydroxylation is 1. The molecule has 2 aliphatic rings. The van der Waals surface area contributed by atoms with E-state index in [0.717, 1.165) is 24.7 Å². The number of hydrogen-bond donors (Lipinski definition) is 1. The molecule has 6 heteroatoms. The molecular weight excluding hydrogens is 334 g/mol. The lowest BCUT2D eigenvalue weighted by Gasteiger charge is -2.12. The van der Waals surface area contributed by atoms with E-state index in [9.17, 15) is 4.79 Å². The fraction of sp³-hybridized carbons (Fsp3) is 0.263. The van der Waals surface area contributed by atoms with Crippen LogP contribution in [-0.2, 0) is 4.79 Å². The van der Waals surface area contributed by atoms with Crippen LogP contribution in [0.3, 0.4) is 0 Å². The van der Waals surface area contributed by atoms with Crippen LogP contribution in [0.25, 0.3) is 6.08 Å². The minimum atomic E-state index is -0.144. The Morgan fingerprint density at radius 3 is 2.68 bits per heavy atom. The maximum Gasteiger partial charge on any atom is 0.264 e. The standard InChI is InChI=1S/C19H19N3O2S/c1-13-4-6-14(7-5-13)20-19-21-18(23)16(25-19)12-15-8-9-17(24-15)22-10-2-3-11-22/h4-9,12H,2-3,10-11H2,1H3,(H,20,21,23). The van der Waals surface area contributed by atoms with E-state index in [1.54, 1.807) is 6.08 Å². The van der Waals surface area contributed by atoms with Gasteiger partial charge in [-0.1, -0.05) is 17.7 Å². The van der Waals surface area contributed by atoms with Crippen LogP contribution in [0.4, 0.5) is 11.6 Å². The maximum atomic E-state index is 12.2. The molecule has 2 saturated heterocycles. The number of nitrogens with zero attached hydrogens (tertiary/aromatic N) is 2. The van der Waals surface area contributed by atoms with E-state index < -0.39 is 0 Å². The summed E-state index contributed by atoms with van der Waals surface area (Å²) in [7, 11) is 0. The van der Waals surface area contributed by atoms with Gasteiger partial charge in [-0.3, -0.25) is 4.79 Å². The lowest BCUT2D eigenvalue weighted by molar-refractivity contribution is -0.115. The molecule has 0 saturated carbocycles. The highest BCUT2D eigenvalue weighted by Crippen LogP contribution is 2.30. The highest BCUT2D eigenvalue weighted by atomic mass is 32.2. The van der Waals surface area contributed by atoms with Gasteiger partial charge in [-0.05, 0) is 49.7 Å². The predicted molar refractivity (Wildman–Crippen MR) is 102 cm³/mol. The number of hydrogen-bond acceptors (Lipinski definition) is 5. The molecule has 2 aromatic rings. The molecule has 1 aromatic heterocycles. The average molecular weight is 353 g/mol. The highest BCUT2D eigenvalue weighted by molar-refractivity contribution is 8.18. The van der Waals surface area contributed by atoms with Crippen molar-refractivity contribution >= 4 is 40.5 Å². The molecule has 3 heterocycles. The Morgan fingerprint density at radius 1 is 1.16 bits per heavy atom. The third-order valence-electron chi connectivity index (χ3n) is 4.22. The van der Waals surface area contributed by atoms with Crippen molar-refractivity contribution < 1.29 is 9.21 Å². The lowest BCUT2D eigenvalue weighted by Crippen LogP contribution is -2.19. The van der Waals surface area contributed by atoms with Gasteiger partial charge in [0.2, 0.25) is 0 Å². The van der Waals surface area contributed by atoms with Crippen molar-refractivity contribution in [2.75, 3.05) is 18.0 Å². The van der Waals surface area contributed by atoms with Crippen molar-refractivity contribution in [3.63, 3.8) is 0 Å². The lowest BCUT2D eigenvalue weighted by atomic mass is 10.2. The molecule has 0 spiro atoms. The topological polar surface area (TPSA) is 57.8 Å². The minimum Gasteiger partial charge on any atom is -0.441 e. The fourth-order valence-corrected chi connectivity index (χ4v) is 3.70. The second-order valence-corrected chi connectivity index (χ2v) is 7.22. The zero-order chi connectivity index (χ0) is 17.2. The van der Waals surface area contributed by atoms with E-state index in [2.05, 4.69) is 15.2 Å². The third kappa shape index (κ3) is 3.64. The van der Waals surface area contributed by atoms with Gasteiger partial charge in [0.05, 0.1) is 10.6 Å². The maximum absolute atomic E-state index is 12.2. The number of thioether (sulfide) groups is 1. The number of amides is 1. The van der Waals surface area contributed by atoms with Crippen molar-refractivity contribution in [1.82, 2.24) is 5.32 Å². The summed E-state index contributed by atoms with van der Waals surface area (Å²) in [4.78, 5) is 19.5. The molecule has 2 fully saturated rings. The summed E-state index contributed by atoms with van der Waals surface area (Å²) >= 11 is 1.33. The van der Waals surface area contributed by atoms with Gasteiger partial charge in [-0.2, -0.15) is 0 Å². The van der Waals surface area contributed by atoms with Crippen LogP contribution in [0.1, 0.15) is 24.2 Å². The smallest absolute Gasteiger partial charge is 0.264 e. The Hall–Kier alpha value is -2.47. The number of carbonyl (C=O) groups is 1. The van der Waals surface area contributed by atoms with Crippen LogP contribution in [0.15, 0.2) is 50.7 Å². The van der Waals surface area contributed by atoms with Gasteiger partial charge in [0.1, 0.15) is 5.76 Å². The highest BCUT2D eigenvalue weighted by Gasteiger charge is 2.24. The molecule has 25 heavy (non-hydrogen) atoms. The van der Waals surface area contributed by atoms with Crippen LogP contribution in [0, 0.1) is 6.92 Å². The molecule has 5 nitrogen and oxygen atoms in total. The summed E-state index contributed by atoms with van der Waals surface area (Å²) in [5.74, 6) is 1.42. The molecule has 0 bridgehead atoms. The van der Waals surface area contributed by atoms with E-state index in [1.807, 2.05) is 43.3 Å². The van der Waals surface area contributed by atoms with Crippen LogP contribution in [0.5, 0.6) is 0 Å². The van der Waals surface area contributed by atoms with E-state index in [1.165, 1.54) is 30.2 Å². The summed E-state index contributed by atoms with van der Waals surface area (Å²) in [6.07, 6.45) is 4.18. The van der Waals surface area contributed by atoms with Crippen molar-refractivity contribution in [3.05, 3.63) is 52.6 Å². The average Bonchev–Trinajstić information content (AvgIpc) is 3.32. The summed E-state index contributed by atoms with van der Waals surface area (Å²) in [6, 6.07) is 11.7. The second kappa shape index (κ2) is 6.80. The van der Waals surface area contributed by atoms with Gasteiger partial charge in [0.15, 0.2) is 11.1 Å². The van der Waals surface area contributed by atoms with Gasteiger partial charge >= 0.3 is 0 Å². The first-order chi connectivity index (χ1) is 12.2. The van der Waals surface area contributed by atoms with Gasteiger partial charge < -0.3 is 14.6 Å². The fourth-order valence-electron chi connectivity index (χ4n) is 2.87. The number of nitrogens with one attached hydrogen (secondary N) is 1. The Kier molecular flexibility index (Phi) is 4.36. The molecule has 2 aliphatic heterocycles. The van der Waals surface area contributed by atoms with Gasteiger partial charge in [0.25, 0.3) is 5.91 Å². The quantitative estimate of drug-likeness (QED) is 0.845. The number of carbonyl (C=O) groups excluding carboxylic acids is 1. The molecule has 0 unspecified atom stereocenters. The van der Waals surface area contributed by atoms with Gasteiger partial charge in [0, 0.05) is 25.2 Å². The molecule has 4 rings (SSSR count).